The van der Waals surface area contributed by atoms with E-state index in [2.05, 4.69) is 0 Å². The maximum atomic E-state index is 13.6. The molecule has 0 aromatic heterocycles. The molecule has 19 heavy (non-hydrogen) atoms. The van der Waals surface area contributed by atoms with Gasteiger partial charge in [-0.2, -0.15) is 4.31 Å². The molecule has 0 aliphatic heterocycles. The summed E-state index contributed by atoms with van der Waals surface area (Å²) >= 11 is 0. The number of nitrogens with two attached hydrogens (primary N) is 1. The Morgan fingerprint density at radius 2 is 2.00 bits per heavy atom. The number of ether oxygens (including phenoxy) is 1. The zero-order chi connectivity index (χ0) is 14.3. The Hall–Kier alpha value is -1.02. The largest absolute Gasteiger partial charge is 0.383 e. The third kappa shape index (κ3) is 4.24. The van der Waals surface area contributed by atoms with Crippen molar-refractivity contribution in [2.75, 3.05) is 33.4 Å². The van der Waals surface area contributed by atoms with Gasteiger partial charge in [-0.1, -0.05) is 12.1 Å². The monoisotopic (exact) mass is 290 g/mol. The second kappa shape index (κ2) is 7.54. The second-order valence-electron chi connectivity index (χ2n) is 3.97. The zero-order valence-corrected chi connectivity index (χ0v) is 11.7. The lowest BCUT2D eigenvalue weighted by Crippen LogP contribution is -2.36. The lowest BCUT2D eigenvalue weighted by molar-refractivity contribution is 0.178. The van der Waals surface area contributed by atoms with Gasteiger partial charge in [0.1, 0.15) is 10.7 Å². The number of hydrogen-bond donors (Lipinski definition) is 1. The molecule has 0 aliphatic carbocycles. The summed E-state index contributed by atoms with van der Waals surface area (Å²) in [6.07, 6.45) is 0.511. The van der Waals surface area contributed by atoms with Crippen molar-refractivity contribution in [2.24, 2.45) is 5.73 Å². The quantitative estimate of drug-likeness (QED) is 0.769. The molecule has 1 rings (SSSR count). The number of methoxy groups -OCH3 is 1. The number of benzene rings is 1. The highest BCUT2D eigenvalue weighted by molar-refractivity contribution is 7.89. The van der Waals surface area contributed by atoms with Gasteiger partial charge in [0.25, 0.3) is 0 Å². The molecule has 0 saturated heterocycles. The molecule has 0 unspecified atom stereocenters. The van der Waals surface area contributed by atoms with Crippen molar-refractivity contribution in [1.29, 1.82) is 0 Å². The smallest absolute Gasteiger partial charge is 0.246 e. The van der Waals surface area contributed by atoms with E-state index in [-0.39, 0.29) is 24.6 Å². The van der Waals surface area contributed by atoms with E-state index >= 15 is 0 Å². The van der Waals surface area contributed by atoms with Crippen molar-refractivity contribution in [3.8, 4) is 0 Å². The minimum Gasteiger partial charge on any atom is -0.383 e. The first kappa shape index (κ1) is 16.0. The molecule has 0 spiro atoms. The Balaban J connectivity index is 3.01. The van der Waals surface area contributed by atoms with E-state index in [0.29, 0.717) is 13.0 Å². The highest BCUT2D eigenvalue weighted by atomic mass is 32.2. The van der Waals surface area contributed by atoms with Crippen molar-refractivity contribution < 1.29 is 17.5 Å². The maximum absolute atomic E-state index is 13.6. The average Bonchev–Trinajstić information content (AvgIpc) is 2.39. The van der Waals surface area contributed by atoms with E-state index in [9.17, 15) is 12.8 Å². The van der Waals surface area contributed by atoms with Gasteiger partial charge in [-0.15, -0.1) is 0 Å². The predicted octanol–water partition coefficient (Wildman–Crippen LogP) is 0.812. The molecular weight excluding hydrogens is 271 g/mol. The van der Waals surface area contributed by atoms with E-state index in [1.54, 1.807) is 0 Å². The number of nitrogens with zero attached hydrogens (tertiary/aromatic N) is 1. The van der Waals surface area contributed by atoms with Crippen LogP contribution in [0.1, 0.15) is 6.42 Å². The summed E-state index contributed by atoms with van der Waals surface area (Å²) in [6.45, 7) is 1.04. The molecule has 0 radical (unpaired) electrons. The van der Waals surface area contributed by atoms with E-state index in [1.807, 2.05) is 0 Å². The molecule has 0 fully saturated rings. The summed E-state index contributed by atoms with van der Waals surface area (Å²) in [4.78, 5) is -0.317. The molecule has 7 heteroatoms. The van der Waals surface area contributed by atoms with Gasteiger partial charge in [0, 0.05) is 20.2 Å². The van der Waals surface area contributed by atoms with Gasteiger partial charge in [0.15, 0.2) is 0 Å². The molecule has 108 valence electrons. The minimum absolute atomic E-state index is 0.174. The van der Waals surface area contributed by atoms with Crippen LogP contribution in [0.3, 0.4) is 0 Å². The molecule has 0 saturated carbocycles. The molecule has 0 heterocycles. The van der Waals surface area contributed by atoms with Crippen LogP contribution in [-0.2, 0) is 14.8 Å². The molecule has 0 amide bonds. The van der Waals surface area contributed by atoms with Crippen molar-refractivity contribution in [3.63, 3.8) is 0 Å². The molecule has 1 aromatic rings. The summed E-state index contributed by atoms with van der Waals surface area (Å²) in [6, 6.07) is 5.33. The fourth-order valence-electron chi connectivity index (χ4n) is 1.61. The first-order valence-electron chi connectivity index (χ1n) is 5.97. The summed E-state index contributed by atoms with van der Waals surface area (Å²) in [5, 5.41) is 0. The Kier molecular flexibility index (Phi) is 6.36. The van der Waals surface area contributed by atoms with Gasteiger partial charge >= 0.3 is 0 Å². The van der Waals surface area contributed by atoms with Gasteiger partial charge < -0.3 is 10.5 Å². The van der Waals surface area contributed by atoms with Crippen molar-refractivity contribution in [1.82, 2.24) is 4.31 Å². The van der Waals surface area contributed by atoms with Crippen LogP contribution in [0.15, 0.2) is 29.2 Å². The van der Waals surface area contributed by atoms with Gasteiger partial charge in [-0.3, -0.25) is 0 Å². The topological polar surface area (TPSA) is 72.6 Å². The third-order valence-electron chi connectivity index (χ3n) is 2.61. The highest BCUT2D eigenvalue weighted by Gasteiger charge is 2.26. The number of halogens is 1. The van der Waals surface area contributed by atoms with Crippen LogP contribution in [0, 0.1) is 5.82 Å². The van der Waals surface area contributed by atoms with Crippen LogP contribution in [0.25, 0.3) is 0 Å². The van der Waals surface area contributed by atoms with Gasteiger partial charge in [-0.05, 0) is 25.1 Å². The van der Waals surface area contributed by atoms with E-state index in [0.717, 1.165) is 6.07 Å². The van der Waals surface area contributed by atoms with Crippen molar-refractivity contribution >= 4 is 10.0 Å². The van der Waals surface area contributed by atoms with Gasteiger partial charge in [0.05, 0.1) is 6.61 Å². The van der Waals surface area contributed by atoms with Crippen LogP contribution < -0.4 is 5.73 Å². The summed E-state index contributed by atoms with van der Waals surface area (Å²) in [5.74, 6) is -0.752. The second-order valence-corrected chi connectivity index (χ2v) is 5.88. The molecule has 2 N–H and O–H groups in total. The SMILES string of the molecule is COCCN(CCCN)S(=O)(=O)c1ccccc1F. The minimum atomic E-state index is -3.85. The van der Waals surface area contributed by atoms with Crippen molar-refractivity contribution in [3.05, 3.63) is 30.1 Å². The predicted molar refractivity (Wildman–Crippen MR) is 70.7 cm³/mol. The number of hydrogen-bond acceptors (Lipinski definition) is 4. The van der Waals surface area contributed by atoms with E-state index in [1.165, 1.54) is 29.6 Å². The Labute approximate surface area is 113 Å². The molecule has 0 atom stereocenters. The van der Waals surface area contributed by atoms with Crippen LogP contribution in [0.4, 0.5) is 4.39 Å². The fourth-order valence-corrected chi connectivity index (χ4v) is 3.13. The summed E-state index contributed by atoms with van der Waals surface area (Å²) in [5.41, 5.74) is 5.39. The van der Waals surface area contributed by atoms with Crippen LogP contribution in [0.2, 0.25) is 0 Å². The lowest BCUT2D eigenvalue weighted by atomic mass is 10.3. The average molecular weight is 290 g/mol. The molecule has 5 nitrogen and oxygen atoms in total. The standard InChI is InChI=1S/C12H19FN2O3S/c1-18-10-9-15(8-4-7-14)19(16,17)12-6-3-2-5-11(12)13/h2-3,5-6H,4,7-10,14H2,1H3. The van der Waals surface area contributed by atoms with E-state index < -0.39 is 15.8 Å². The van der Waals surface area contributed by atoms with Gasteiger partial charge in [-0.25, -0.2) is 12.8 Å². The third-order valence-corrected chi connectivity index (χ3v) is 4.54. The van der Waals surface area contributed by atoms with Crippen molar-refractivity contribution in [2.45, 2.75) is 11.3 Å². The zero-order valence-electron chi connectivity index (χ0n) is 10.9. The Bertz CT molecular complexity index is 486. The van der Waals surface area contributed by atoms with Crippen LogP contribution >= 0.6 is 0 Å². The summed E-state index contributed by atoms with van der Waals surface area (Å²) < 4.78 is 44.4. The lowest BCUT2D eigenvalue weighted by Gasteiger charge is -2.21. The maximum Gasteiger partial charge on any atom is 0.246 e. The fraction of sp³-hybridized carbons (Fsp3) is 0.500. The first-order valence-corrected chi connectivity index (χ1v) is 7.41. The van der Waals surface area contributed by atoms with Crippen LogP contribution in [-0.4, -0.2) is 46.1 Å². The van der Waals surface area contributed by atoms with Gasteiger partial charge in [0.2, 0.25) is 10.0 Å². The number of sulfonamides is 1. The Morgan fingerprint density at radius 3 is 2.58 bits per heavy atom. The molecular formula is C12H19FN2O3S. The molecule has 1 aromatic carbocycles. The normalized spacial score (nSPS) is 12.0. The summed E-state index contributed by atoms with van der Waals surface area (Å²) in [7, 11) is -2.37. The van der Waals surface area contributed by atoms with E-state index in [4.69, 9.17) is 10.5 Å². The molecule has 0 bridgehead atoms. The first-order chi connectivity index (χ1) is 9.04. The molecule has 0 aliphatic rings. The highest BCUT2D eigenvalue weighted by Crippen LogP contribution is 2.18. The Morgan fingerprint density at radius 1 is 1.32 bits per heavy atom. The number of rotatable bonds is 8. The van der Waals surface area contributed by atoms with Crippen LogP contribution in [0.5, 0.6) is 0 Å².